The summed E-state index contributed by atoms with van der Waals surface area (Å²) >= 11 is 0. The van der Waals surface area contributed by atoms with Crippen LogP contribution in [0.15, 0.2) is 24.3 Å². The van der Waals surface area contributed by atoms with E-state index in [-0.39, 0.29) is 5.56 Å². The van der Waals surface area contributed by atoms with Gasteiger partial charge in [-0.25, -0.2) is 14.5 Å². The number of anilines is 1. The first-order valence-corrected chi connectivity index (χ1v) is 7.10. The zero-order valence-electron chi connectivity index (χ0n) is 14.3. The van der Waals surface area contributed by atoms with E-state index in [1.165, 1.54) is 26.2 Å². The number of rotatable bonds is 2. The Labute approximate surface area is 140 Å². The molecule has 1 rings (SSSR count). The number of ether oxygens (including phenoxy) is 1. The highest BCUT2D eigenvalue weighted by atomic mass is 16.6. The van der Waals surface area contributed by atoms with E-state index < -0.39 is 23.6 Å². The van der Waals surface area contributed by atoms with Gasteiger partial charge in [-0.05, 0) is 39.0 Å². The van der Waals surface area contributed by atoms with E-state index >= 15 is 0 Å². The van der Waals surface area contributed by atoms with Crippen LogP contribution >= 0.6 is 0 Å². The fourth-order valence-electron chi connectivity index (χ4n) is 1.70. The van der Waals surface area contributed by atoms with Crippen molar-refractivity contribution in [2.45, 2.75) is 26.4 Å². The Bertz CT molecular complexity index is 688. The Morgan fingerprint density at radius 1 is 1.21 bits per heavy atom. The third kappa shape index (κ3) is 5.28. The molecule has 0 bridgehead atoms. The number of nitriles is 1. The molecule has 0 aromatic heterocycles. The molecule has 0 saturated carbocycles. The second kappa shape index (κ2) is 7.46. The van der Waals surface area contributed by atoms with Gasteiger partial charge in [0.1, 0.15) is 5.60 Å². The fraction of sp³-hybridized carbons (Fsp3) is 0.375. The van der Waals surface area contributed by atoms with Gasteiger partial charge in [0.15, 0.2) is 6.19 Å². The van der Waals surface area contributed by atoms with Gasteiger partial charge in [0.05, 0.1) is 0 Å². The molecule has 8 nitrogen and oxygen atoms in total. The van der Waals surface area contributed by atoms with Crippen molar-refractivity contribution in [3.05, 3.63) is 29.8 Å². The van der Waals surface area contributed by atoms with Crippen molar-refractivity contribution in [3.63, 3.8) is 0 Å². The highest BCUT2D eigenvalue weighted by Gasteiger charge is 2.22. The summed E-state index contributed by atoms with van der Waals surface area (Å²) in [7, 11) is 2.53. The summed E-state index contributed by atoms with van der Waals surface area (Å²) in [6.07, 6.45) is 0.975. The Morgan fingerprint density at radius 3 is 2.38 bits per heavy atom. The number of benzene rings is 1. The highest BCUT2D eigenvalue weighted by Crippen LogP contribution is 2.15. The lowest BCUT2D eigenvalue weighted by Gasteiger charge is -2.20. The number of nitrogens with zero attached hydrogens (tertiary/aromatic N) is 3. The van der Waals surface area contributed by atoms with Crippen LogP contribution in [0.4, 0.5) is 15.3 Å². The van der Waals surface area contributed by atoms with Crippen LogP contribution in [-0.4, -0.2) is 47.5 Å². The molecule has 0 atom stereocenters. The molecule has 0 fully saturated rings. The molecule has 1 aromatic rings. The molecule has 0 saturated heterocycles. The number of carbonyl (C=O) groups is 3. The van der Waals surface area contributed by atoms with Gasteiger partial charge in [0, 0.05) is 25.3 Å². The summed E-state index contributed by atoms with van der Waals surface area (Å²) < 4.78 is 5.13. The number of carbonyl (C=O) groups excluding carboxylic acids is 3. The number of amides is 4. The molecule has 0 aliphatic heterocycles. The molecule has 4 amide bonds. The van der Waals surface area contributed by atoms with Crippen molar-refractivity contribution in [2.24, 2.45) is 0 Å². The third-order valence-electron chi connectivity index (χ3n) is 2.78. The summed E-state index contributed by atoms with van der Waals surface area (Å²) in [5.74, 6) is -0.602. The number of imide groups is 1. The van der Waals surface area contributed by atoms with Crippen LogP contribution < -0.4 is 5.32 Å². The molecule has 128 valence electrons. The number of hydrogen-bond acceptors (Lipinski definition) is 5. The summed E-state index contributed by atoms with van der Waals surface area (Å²) in [5, 5.41) is 11.2. The first-order chi connectivity index (χ1) is 11.0. The van der Waals surface area contributed by atoms with Crippen LogP contribution in [0.2, 0.25) is 0 Å². The number of hydrogen-bond donors (Lipinski definition) is 1. The van der Waals surface area contributed by atoms with Crippen molar-refractivity contribution in [2.75, 3.05) is 19.4 Å². The van der Waals surface area contributed by atoms with Gasteiger partial charge in [0.25, 0.3) is 5.91 Å². The molecule has 0 aliphatic carbocycles. The van der Waals surface area contributed by atoms with Gasteiger partial charge < -0.3 is 4.74 Å². The standard InChI is InChI=1S/C16H20N4O4/c1-16(2,3)24-14(22)18-12-8-6-7-11(9-12)13(21)20(5)15(23)19(4)10-17/h6-9H,1-5H3,(H,18,22). The maximum Gasteiger partial charge on any atom is 0.412 e. The van der Waals surface area contributed by atoms with Crippen LogP contribution in [0.3, 0.4) is 0 Å². The van der Waals surface area contributed by atoms with Crippen LogP contribution in [0, 0.1) is 11.5 Å². The average Bonchev–Trinajstić information content (AvgIpc) is 2.50. The molecular weight excluding hydrogens is 312 g/mol. The van der Waals surface area contributed by atoms with Gasteiger partial charge in [-0.15, -0.1) is 0 Å². The van der Waals surface area contributed by atoms with E-state index in [9.17, 15) is 14.4 Å². The van der Waals surface area contributed by atoms with Crippen LogP contribution in [-0.2, 0) is 4.74 Å². The summed E-state index contributed by atoms with van der Waals surface area (Å²) in [4.78, 5) is 37.4. The third-order valence-corrected chi connectivity index (χ3v) is 2.78. The van der Waals surface area contributed by atoms with E-state index in [1.54, 1.807) is 39.1 Å². The van der Waals surface area contributed by atoms with Crippen molar-refractivity contribution < 1.29 is 19.1 Å². The van der Waals surface area contributed by atoms with E-state index in [0.29, 0.717) is 5.69 Å². The Morgan fingerprint density at radius 2 is 1.83 bits per heavy atom. The van der Waals surface area contributed by atoms with E-state index in [4.69, 9.17) is 10.00 Å². The number of urea groups is 1. The predicted molar refractivity (Wildman–Crippen MR) is 87.2 cm³/mol. The quantitative estimate of drug-likeness (QED) is 0.662. The zero-order chi connectivity index (χ0) is 18.5. The summed E-state index contributed by atoms with van der Waals surface area (Å²) in [6.45, 7) is 5.20. The van der Waals surface area contributed by atoms with E-state index in [2.05, 4.69) is 5.32 Å². The Hall–Kier alpha value is -3.08. The van der Waals surface area contributed by atoms with Crippen LogP contribution in [0.1, 0.15) is 31.1 Å². The molecule has 1 N–H and O–H groups in total. The topological polar surface area (TPSA) is 103 Å². The largest absolute Gasteiger partial charge is 0.444 e. The van der Waals surface area contributed by atoms with Gasteiger partial charge in [-0.2, -0.15) is 5.26 Å². The molecule has 8 heteroatoms. The second-order valence-electron chi connectivity index (χ2n) is 6.01. The van der Waals surface area contributed by atoms with Crippen LogP contribution in [0.25, 0.3) is 0 Å². The van der Waals surface area contributed by atoms with Gasteiger partial charge in [-0.3, -0.25) is 15.0 Å². The number of nitrogens with one attached hydrogen (secondary N) is 1. The van der Waals surface area contributed by atoms with Crippen molar-refractivity contribution >= 4 is 23.7 Å². The zero-order valence-corrected chi connectivity index (χ0v) is 14.3. The molecule has 0 spiro atoms. The van der Waals surface area contributed by atoms with Crippen molar-refractivity contribution in [3.8, 4) is 6.19 Å². The van der Waals surface area contributed by atoms with Crippen molar-refractivity contribution in [1.29, 1.82) is 5.26 Å². The summed E-state index contributed by atoms with van der Waals surface area (Å²) in [6, 6.07) is 5.31. The van der Waals surface area contributed by atoms with Gasteiger partial charge >= 0.3 is 12.1 Å². The molecule has 0 aliphatic rings. The summed E-state index contributed by atoms with van der Waals surface area (Å²) in [5.41, 5.74) is -0.109. The molecule has 0 radical (unpaired) electrons. The average molecular weight is 332 g/mol. The first-order valence-electron chi connectivity index (χ1n) is 7.10. The van der Waals surface area contributed by atoms with Crippen molar-refractivity contribution in [1.82, 2.24) is 9.80 Å². The minimum atomic E-state index is -0.756. The SMILES string of the molecule is CN(C#N)C(=O)N(C)C(=O)c1cccc(NC(=O)OC(C)(C)C)c1. The predicted octanol–water partition coefficient (Wildman–Crippen LogP) is 2.64. The maximum absolute atomic E-state index is 12.3. The lowest BCUT2D eigenvalue weighted by Crippen LogP contribution is -2.40. The molecule has 0 heterocycles. The Balaban J connectivity index is 2.89. The Kier molecular flexibility index (Phi) is 5.89. The van der Waals surface area contributed by atoms with E-state index in [1.807, 2.05) is 0 Å². The molecular formula is C16H20N4O4. The van der Waals surface area contributed by atoms with E-state index in [0.717, 1.165) is 9.80 Å². The van der Waals surface area contributed by atoms with Gasteiger partial charge in [0.2, 0.25) is 0 Å². The molecule has 1 aromatic carbocycles. The minimum absolute atomic E-state index is 0.186. The highest BCUT2D eigenvalue weighted by molar-refractivity contribution is 6.05. The fourth-order valence-corrected chi connectivity index (χ4v) is 1.70. The lowest BCUT2D eigenvalue weighted by molar-refractivity contribution is 0.0635. The normalized spacial score (nSPS) is 10.3. The van der Waals surface area contributed by atoms with Crippen LogP contribution in [0.5, 0.6) is 0 Å². The molecule has 0 unspecified atom stereocenters. The van der Waals surface area contributed by atoms with Gasteiger partial charge in [-0.1, -0.05) is 6.07 Å². The molecule has 24 heavy (non-hydrogen) atoms. The minimum Gasteiger partial charge on any atom is -0.444 e. The second-order valence-corrected chi connectivity index (χ2v) is 6.01. The smallest absolute Gasteiger partial charge is 0.412 e. The first kappa shape index (κ1) is 19.0. The lowest BCUT2D eigenvalue weighted by atomic mass is 10.2. The maximum atomic E-state index is 12.3. The monoisotopic (exact) mass is 332 g/mol.